The molecule has 3 rings (SSSR count). The summed E-state index contributed by atoms with van der Waals surface area (Å²) in [5, 5.41) is 9.00. The highest BCUT2D eigenvalue weighted by atomic mass is 35.5. The number of hydrogen-bond donors (Lipinski definition) is 2. The molecular weight excluding hydrogens is 321 g/mol. The summed E-state index contributed by atoms with van der Waals surface area (Å²) in [6.45, 7) is 6.70. The number of piperidine rings is 1. The average molecular weight is 342 g/mol. The molecule has 2 N–H and O–H groups in total. The van der Waals surface area contributed by atoms with Crippen molar-refractivity contribution in [3.05, 3.63) is 27.7 Å². The number of benzene rings is 1. The predicted molar refractivity (Wildman–Crippen MR) is 91.1 cm³/mol. The number of hydrazone groups is 1. The third kappa shape index (κ3) is 3.19. The highest BCUT2D eigenvalue weighted by Gasteiger charge is 2.34. The van der Waals surface area contributed by atoms with Gasteiger partial charge < -0.3 is 15.5 Å². The van der Waals surface area contributed by atoms with Crippen molar-refractivity contribution in [1.82, 2.24) is 10.7 Å². The van der Waals surface area contributed by atoms with E-state index in [4.69, 9.17) is 27.9 Å². The van der Waals surface area contributed by atoms with Gasteiger partial charge in [-0.2, -0.15) is 5.10 Å². The van der Waals surface area contributed by atoms with Crippen LogP contribution in [0, 0.1) is 11.8 Å². The maximum absolute atomic E-state index is 6.38. The van der Waals surface area contributed by atoms with E-state index >= 15 is 0 Å². The molecule has 0 amide bonds. The number of rotatable bonds is 4. The molecule has 1 aromatic rings. The highest BCUT2D eigenvalue weighted by Crippen LogP contribution is 2.39. The van der Waals surface area contributed by atoms with Gasteiger partial charge >= 0.3 is 0 Å². The Balaban J connectivity index is 1.81. The fraction of sp³-hybridized carbons (Fsp3) is 0.562. The first kappa shape index (κ1) is 15.9. The molecule has 0 aromatic heterocycles. The van der Waals surface area contributed by atoms with Gasteiger partial charge in [-0.25, -0.2) is 0 Å². The average Bonchev–Trinajstić information content (AvgIpc) is 2.89. The molecule has 2 unspecified atom stereocenters. The molecule has 0 aliphatic carbocycles. The van der Waals surface area contributed by atoms with E-state index in [-0.39, 0.29) is 6.04 Å². The van der Waals surface area contributed by atoms with Gasteiger partial charge in [0.1, 0.15) is 0 Å². The molecule has 2 heterocycles. The molecule has 0 radical (unpaired) electrons. The molecule has 1 aromatic carbocycles. The lowest BCUT2D eigenvalue weighted by Crippen LogP contribution is -2.38. The number of ether oxygens (including phenoxy) is 1. The van der Waals surface area contributed by atoms with Gasteiger partial charge in [-0.05, 0) is 23.6 Å². The number of hydrogen-bond acceptors (Lipinski definition) is 4. The summed E-state index contributed by atoms with van der Waals surface area (Å²) in [7, 11) is 0. The minimum Gasteiger partial charge on any atom is -0.490 e. The van der Waals surface area contributed by atoms with Crippen LogP contribution in [0.3, 0.4) is 0 Å². The third-order valence-electron chi connectivity index (χ3n) is 4.04. The lowest BCUT2D eigenvalue weighted by Gasteiger charge is -2.25. The minimum atomic E-state index is 0.122. The predicted octanol–water partition coefficient (Wildman–Crippen LogP) is 3.64. The zero-order chi connectivity index (χ0) is 15.7. The Morgan fingerprint density at radius 3 is 2.73 bits per heavy atom. The van der Waals surface area contributed by atoms with E-state index in [2.05, 4.69) is 29.7 Å². The molecule has 120 valence electrons. The zero-order valence-electron chi connectivity index (χ0n) is 12.8. The van der Waals surface area contributed by atoms with Crippen molar-refractivity contribution in [2.24, 2.45) is 16.9 Å². The van der Waals surface area contributed by atoms with Gasteiger partial charge in [0.15, 0.2) is 5.75 Å². The number of fused-ring (bicyclic) bond motifs is 1. The van der Waals surface area contributed by atoms with Crippen molar-refractivity contribution in [2.75, 3.05) is 19.7 Å². The second-order valence-corrected chi connectivity index (χ2v) is 7.10. The van der Waals surface area contributed by atoms with Crippen LogP contribution in [0.25, 0.3) is 0 Å². The van der Waals surface area contributed by atoms with Crippen molar-refractivity contribution in [1.29, 1.82) is 0 Å². The van der Waals surface area contributed by atoms with Crippen molar-refractivity contribution >= 4 is 28.9 Å². The first-order chi connectivity index (χ1) is 10.6. The molecule has 2 aliphatic heterocycles. The summed E-state index contributed by atoms with van der Waals surface area (Å²) in [5.41, 5.74) is 5.52. The monoisotopic (exact) mass is 341 g/mol. The maximum Gasteiger partial charge on any atom is 0.156 e. The van der Waals surface area contributed by atoms with Crippen LogP contribution in [-0.4, -0.2) is 25.4 Å². The Hall–Kier alpha value is -0.970. The first-order valence-electron chi connectivity index (χ1n) is 7.70. The Labute approximate surface area is 141 Å². The number of nitrogens with one attached hydrogen (secondary N) is 2. The highest BCUT2D eigenvalue weighted by molar-refractivity contribution is 6.37. The van der Waals surface area contributed by atoms with Crippen molar-refractivity contribution in [3.8, 4) is 5.75 Å². The van der Waals surface area contributed by atoms with Gasteiger partial charge in [-0.15, -0.1) is 0 Å². The lowest BCUT2D eigenvalue weighted by atomic mass is 9.87. The van der Waals surface area contributed by atoms with Crippen LogP contribution in [0.4, 0.5) is 0 Å². The van der Waals surface area contributed by atoms with E-state index in [1.54, 1.807) is 0 Å². The SMILES string of the molecule is CC(C)COc1c(Cl)cc(C2NN=C3CCNCC32)cc1Cl. The fourth-order valence-electron chi connectivity index (χ4n) is 2.92. The van der Waals surface area contributed by atoms with Crippen LogP contribution in [0.5, 0.6) is 5.75 Å². The van der Waals surface area contributed by atoms with Gasteiger partial charge in [0.25, 0.3) is 0 Å². The van der Waals surface area contributed by atoms with Gasteiger partial charge in [0, 0.05) is 31.1 Å². The summed E-state index contributed by atoms with van der Waals surface area (Å²) in [6, 6.07) is 4.00. The molecular formula is C16H21Cl2N3O. The summed E-state index contributed by atoms with van der Waals surface area (Å²) in [6.07, 6.45) is 0.991. The van der Waals surface area contributed by atoms with Crippen molar-refractivity contribution in [3.63, 3.8) is 0 Å². The Morgan fingerprint density at radius 2 is 2.05 bits per heavy atom. The second kappa shape index (κ2) is 6.65. The zero-order valence-corrected chi connectivity index (χ0v) is 14.3. The van der Waals surface area contributed by atoms with Crippen LogP contribution < -0.4 is 15.5 Å². The van der Waals surface area contributed by atoms with Crippen LogP contribution in [0.15, 0.2) is 17.2 Å². The molecule has 0 spiro atoms. The van der Waals surface area contributed by atoms with Crippen LogP contribution in [0.1, 0.15) is 31.9 Å². The van der Waals surface area contributed by atoms with Gasteiger partial charge in [0.2, 0.25) is 0 Å². The third-order valence-corrected chi connectivity index (χ3v) is 4.60. The molecule has 0 bridgehead atoms. The Bertz CT molecular complexity index is 566. The smallest absolute Gasteiger partial charge is 0.156 e. The largest absolute Gasteiger partial charge is 0.490 e. The topological polar surface area (TPSA) is 45.6 Å². The van der Waals surface area contributed by atoms with E-state index in [0.717, 1.165) is 25.1 Å². The Kier molecular flexibility index (Phi) is 4.81. The molecule has 2 atom stereocenters. The first-order valence-corrected chi connectivity index (χ1v) is 8.46. The van der Waals surface area contributed by atoms with Gasteiger partial charge in [-0.3, -0.25) is 0 Å². The standard InChI is InChI=1S/C16H21Cl2N3O/c1-9(2)8-22-16-12(17)5-10(6-13(16)18)15-11-7-19-4-3-14(11)20-21-15/h5-6,9,11,15,19,21H,3-4,7-8H2,1-2H3. The fourth-order valence-corrected chi connectivity index (χ4v) is 3.54. The van der Waals surface area contributed by atoms with E-state index in [1.807, 2.05) is 12.1 Å². The van der Waals surface area contributed by atoms with Crippen molar-refractivity contribution < 1.29 is 4.74 Å². The summed E-state index contributed by atoms with van der Waals surface area (Å²) >= 11 is 12.8. The van der Waals surface area contributed by atoms with Gasteiger partial charge in [0.05, 0.1) is 22.7 Å². The van der Waals surface area contributed by atoms with Gasteiger partial charge in [-0.1, -0.05) is 37.0 Å². The summed E-state index contributed by atoms with van der Waals surface area (Å²) in [4.78, 5) is 0. The quantitative estimate of drug-likeness (QED) is 0.878. The molecule has 0 saturated carbocycles. The molecule has 1 fully saturated rings. The Morgan fingerprint density at radius 1 is 1.32 bits per heavy atom. The molecule has 1 saturated heterocycles. The second-order valence-electron chi connectivity index (χ2n) is 6.29. The van der Waals surface area contributed by atoms with Crippen LogP contribution in [-0.2, 0) is 0 Å². The van der Waals surface area contributed by atoms with Crippen LogP contribution in [0.2, 0.25) is 10.0 Å². The van der Waals surface area contributed by atoms with E-state index in [9.17, 15) is 0 Å². The lowest BCUT2D eigenvalue weighted by molar-refractivity contribution is 0.271. The summed E-state index contributed by atoms with van der Waals surface area (Å²) in [5.74, 6) is 1.36. The maximum atomic E-state index is 6.38. The number of halogens is 2. The van der Waals surface area contributed by atoms with E-state index in [0.29, 0.717) is 34.2 Å². The molecule has 22 heavy (non-hydrogen) atoms. The van der Waals surface area contributed by atoms with E-state index < -0.39 is 0 Å². The number of nitrogens with zero attached hydrogens (tertiary/aromatic N) is 1. The normalized spacial score (nSPS) is 24.0. The van der Waals surface area contributed by atoms with E-state index in [1.165, 1.54) is 5.71 Å². The van der Waals surface area contributed by atoms with Crippen molar-refractivity contribution in [2.45, 2.75) is 26.3 Å². The minimum absolute atomic E-state index is 0.122. The van der Waals surface area contributed by atoms with Crippen LogP contribution >= 0.6 is 23.2 Å². The molecule has 6 heteroatoms. The summed E-state index contributed by atoms with van der Waals surface area (Å²) < 4.78 is 5.73. The molecule has 4 nitrogen and oxygen atoms in total. The molecule has 2 aliphatic rings.